The van der Waals surface area contributed by atoms with Gasteiger partial charge in [0, 0.05) is 11.3 Å². The Morgan fingerprint density at radius 1 is 1.09 bits per heavy atom. The van der Waals surface area contributed by atoms with Crippen LogP contribution in [0, 0.1) is 0 Å². The van der Waals surface area contributed by atoms with E-state index in [1.54, 1.807) is 18.2 Å². The fourth-order valence-electron chi connectivity index (χ4n) is 2.36. The highest BCUT2D eigenvalue weighted by atomic mass is 35.5. The molecule has 0 saturated heterocycles. The van der Waals surface area contributed by atoms with E-state index < -0.39 is 5.97 Å². The van der Waals surface area contributed by atoms with E-state index in [0.29, 0.717) is 27.4 Å². The van der Waals surface area contributed by atoms with Crippen molar-refractivity contribution in [3.05, 3.63) is 65.2 Å². The first-order valence-corrected chi connectivity index (χ1v) is 6.99. The fourth-order valence-corrected chi connectivity index (χ4v) is 2.68. The van der Waals surface area contributed by atoms with Crippen molar-refractivity contribution in [1.29, 1.82) is 0 Å². The van der Waals surface area contributed by atoms with Crippen molar-refractivity contribution in [1.82, 2.24) is 0 Å². The topological polar surface area (TPSA) is 55.4 Å². The molecule has 0 radical (unpaired) electrons. The van der Waals surface area contributed by atoms with Gasteiger partial charge >= 0.3 is 5.97 Å². The fraction of sp³-hybridized carbons (Fsp3) is 0.0588. The lowest BCUT2D eigenvalue weighted by Crippen LogP contribution is -2.05. The van der Waals surface area contributed by atoms with Crippen LogP contribution in [0.1, 0.15) is 21.5 Å². The van der Waals surface area contributed by atoms with Crippen LogP contribution in [0.3, 0.4) is 0 Å². The van der Waals surface area contributed by atoms with Crippen LogP contribution in [0.5, 0.6) is 0 Å². The Kier molecular flexibility index (Phi) is 3.69. The van der Waals surface area contributed by atoms with Gasteiger partial charge in [0.15, 0.2) is 0 Å². The van der Waals surface area contributed by atoms with Crippen LogP contribution in [0.25, 0.3) is 10.6 Å². The molecule has 1 aliphatic rings. The predicted octanol–water partition coefficient (Wildman–Crippen LogP) is 3.53. The minimum Gasteiger partial charge on any atom is -0.465 e. The van der Waals surface area contributed by atoms with E-state index in [4.69, 9.17) is 11.6 Å². The molecule has 0 aromatic heterocycles. The van der Waals surface area contributed by atoms with Gasteiger partial charge in [-0.15, -0.1) is 0 Å². The average Bonchev–Trinajstić information content (AvgIpc) is 2.89. The van der Waals surface area contributed by atoms with E-state index in [9.17, 15) is 9.59 Å². The maximum absolute atomic E-state index is 12.2. The van der Waals surface area contributed by atoms with Gasteiger partial charge in [0.2, 0.25) is 0 Å². The molecule has 1 N–H and O–H groups in total. The number of benzene rings is 2. The third-order valence-electron chi connectivity index (χ3n) is 3.43. The largest absolute Gasteiger partial charge is 0.465 e. The van der Waals surface area contributed by atoms with Crippen LogP contribution in [0.15, 0.2) is 48.5 Å². The van der Waals surface area contributed by atoms with Gasteiger partial charge in [-0.3, -0.25) is 4.79 Å². The van der Waals surface area contributed by atoms with Crippen LogP contribution in [0.4, 0.5) is 5.69 Å². The number of amides is 1. The van der Waals surface area contributed by atoms with Crippen LogP contribution in [0.2, 0.25) is 0 Å². The monoisotopic (exact) mass is 313 g/mol. The van der Waals surface area contributed by atoms with Crippen LogP contribution >= 0.6 is 11.6 Å². The summed E-state index contributed by atoms with van der Waals surface area (Å²) in [7, 11) is 1.31. The number of halogens is 1. The number of ether oxygens (including phenoxy) is 1. The van der Waals surface area contributed by atoms with E-state index in [0.717, 1.165) is 5.56 Å². The molecule has 0 saturated carbocycles. The molecule has 110 valence electrons. The minimum atomic E-state index is -0.455. The van der Waals surface area contributed by atoms with Gasteiger partial charge in [0.1, 0.15) is 0 Å². The number of carbonyl (C=O) groups excluding carboxylic acids is 2. The highest BCUT2D eigenvalue weighted by Crippen LogP contribution is 2.39. The molecule has 0 spiro atoms. The molecule has 0 bridgehead atoms. The minimum absolute atomic E-state index is 0.286. The van der Waals surface area contributed by atoms with E-state index >= 15 is 0 Å². The molecule has 0 aliphatic carbocycles. The lowest BCUT2D eigenvalue weighted by Gasteiger charge is -2.05. The zero-order chi connectivity index (χ0) is 15.7. The average molecular weight is 314 g/mol. The van der Waals surface area contributed by atoms with Crippen molar-refractivity contribution in [2.75, 3.05) is 12.4 Å². The first kappa shape index (κ1) is 14.4. The Balaban J connectivity index is 2.11. The van der Waals surface area contributed by atoms with Gasteiger partial charge in [-0.05, 0) is 17.7 Å². The lowest BCUT2D eigenvalue weighted by molar-refractivity contribution is -0.110. The molecule has 0 unspecified atom stereocenters. The van der Waals surface area contributed by atoms with Gasteiger partial charge in [-0.25, -0.2) is 4.79 Å². The summed E-state index contributed by atoms with van der Waals surface area (Å²) in [6, 6.07) is 14.1. The van der Waals surface area contributed by atoms with Gasteiger partial charge in [0.05, 0.1) is 23.3 Å². The molecule has 1 aliphatic heterocycles. The smallest absolute Gasteiger partial charge is 0.337 e. The number of rotatable bonds is 2. The normalized spacial score (nSPS) is 15.1. The molecular formula is C17H12ClNO3. The Morgan fingerprint density at radius 3 is 2.50 bits per heavy atom. The number of anilines is 1. The van der Waals surface area contributed by atoms with Crippen molar-refractivity contribution >= 4 is 39.8 Å². The summed E-state index contributed by atoms with van der Waals surface area (Å²) in [4.78, 5) is 23.8. The Labute approximate surface area is 132 Å². The number of hydrogen-bond acceptors (Lipinski definition) is 3. The molecular weight excluding hydrogens is 302 g/mol. The Bertz CT molecular complexity index is 797. The number of hydrogen-bond donors (Lipinski definition) is 1. The van der Waals surface area contributed by atoms with E-state index in [1.165, 1.54) is 7.11 Å². The highest BCUT2D eigenvalue weighted by molar-refractivity contribution is 6.59. The molecule has 4 nitrogen and oxygen atoms in total. The molecule has 2 aromatic carbocycles. The summed E-state index contributed by atoms with van der Waals surface area (Å²) >= 11 is 6.39. The van der Waals surface area contributed by atoms with Gasteiger partial charge in [0.25, 0.3) is 5.91 Å². The first-order chi connectivity index (χ1) is 10.6. The zero-order valence-corrected chi connectivity index (χ0v) is 12.5. The van der Waals surface area contributed by atoms with E-state index in [1.807, 2.05) is 30.3 Å². The zero-order valence-electron chi connectivity index (χ0n) is 11.7. The lowest BCUT2D eigenvalue weighted by atomic mass is 10.0. The summed E-state index contributed by atoms with van der Waals surface area (Å²) < 4.78 is 4.68. The van der Waals surface area contributed by atoms with E-state index in [-0.39, 0.29) is 5.91 Å². The first-order valence-electron chi connectivity index (χ1n) is 6.61. The van der Waals surface area contributed by atoms with Crippen molar-refractivity contribution < 1.29 is 14.3 Å². The molecule has 0 fully saturated rings. The van der Waals surface area contributed by atoms with Gasteiger partial charge in [-0.1, -0.05) is 48.0 Å². The van der Waals surface area contributed by atoms with Gasteiger partial charge < -0.3 is 10.1 Å². The molecule has 1 amide bonds. The third-order valence-corrected chi connectivity index (χ3v) is 3.84. The van der Waals surface area contributed by atoms with Crippen molar-refractivity contribution in [2.45, 2.75) is 0 Å². The molecule has 22 heavy (non-hydrogen) atoms. The Hall–Kier alpha value is -2.59. The SMILES string of the molecule is COC(=O)c1ccc2c(c1)NC(=O)C2=C(Cl)c1ccccc1. The highest BCUT2D eigenvalue weighted by Gasteiger charge is 2.28. The molecule has 5 heteroatoms. The summed E-state index contributed by atoms with van der Waals surface area (Å²) in [5, 5.41) is 3.11. The Morgan fingerprint density at radius 2 is 1.82 bits per heavy atom. The maximum atomic E-state index is 12.2. The maximum Gasteiger partial charge on any atom is 0.337 e. The molecule has 3 rings (SSSR count). The molecule has 0 atom stereocenters. The van der Waals surface area contributed by atoms with Crippen molar-refractivity contribution in [2.24, 2.45) is 0 Å². The van der Waals surface area contributed by atoms with Crippen LogP contribution < -0.4 is 5.32 Å². The second-order valence-electron chi connectivity index (χ2n) is 4.76. The molecule has 2 aromatic rings. The van der Waals surface area contributed by atoms with Crippen molar-refractivity contribution in [3.63, 3.8) is 0 Å². The summed E-state index contributed by atoms with van der Waals surface area (Å²) in [6.45, 7) is 0. The second kappa shape index (κ2) is 5.66. The molecule has 1 heterocycles. The summed E-state index contributed by atoms with van der Waals surface area (Å²) in [6.07, 6.45) is 0. The standard InChI is InChI=1S/C17H12ClNO3/c1-22-17(21)11-7-8-12-13(9-11)19-16(20)14(12)15(18)10-5-3-2-4-6-10/h2-9H,1H3,(H,19,20). The number of carbonyl (C=O) groups is 2. The second-order valence-corrected chi connectivity index (χ2v) is 5.14. The van der Waals surface area contributed by atoms with Gasteiger partial charge in [-0.2, -0.15) is 0 Å². The van der Waals surface area contributed by atoms with E-state index in [2.05, 4.69) is 10.1 Å². The number of methoxy groups -OCH3 is 1. The summed E-state index contributed by atoms with van der Waals surface area (Å²) in [5.41, 5.74) is 2.76. The quantitative estimate of drug-likeness (QED) is 0.681. The summed E-state index contributed by atoms with van der Waals surface area (Å²) in [5.74, 6) is -0.741. The van der Waals surface area contributed by atoms with Crippen LogP contribution in [-0.2, 0) is 9.53 Å². The number of fused-ring (bicyclic) bond motifs is 1. The predicted molar refractivity (Wildman–Crippen MR) is 85.5 cm³/mol. The third kappa shape index (κ3) is 2.38. The van der Waals surface area contributed by atoms with Crippen LogP contribution in [-0.4, -0.2) is 19.0 Å². The number of esters is 1. The van der Waals surface area contributed by atoms with Crippen molar-refractivity contribution in [3.8, 4) is 0 Å². The number of nitrogens with one attached hydrogen (secondary N) is 1.